The molecule has 2 rings (SSSR count). The summed E-state index contributed by atoms with van der Waals surface area (Å²) in [5.74, 6) is 4.44. The SMILES string of the molecule is C=C(NC(=O)Nc1cccc(C(F)(F)F)c1)ON.CC.CC(=O)/C(=C(/C)N)c1ccc([C@@H]([NH3+])CN)cc1. The third kappa shape index (κ3) is 11.6. The molecule has 2 aromatic rings. The molecular formula is C25H36F3N6O3+. The third-order valence-corrected chi connectivity index (χ3v) is 4.54. The molecule has 0 aliphatic heterocycles. The van der Waals surface area contributed by atoms with Crippen molar-refractivity contribution in [3.8, 4) is 0 Å². The highest BCUT2D eigenvalue weighted by molar-refractivity contribution is 6.20. The lowest BCUT2D eigenvalue weighted by Gasteiger charge is -2.10. The molecular weight excluding hydrogens is 489 g/mol. The number of carbonyl (C=O) groups is 2. The highest BCUT2D eigenvalue weighted by Gasteiger charge is 2.30. The van der Waals surface area contributed by atoms with Gasteiger partial charge in [0, 0.05) is 29.1 Å². The number of urea groups is 1. The minimum atomic E-state index is -4.47. The van der Waals surface area contributed by atoms with Crippen LogP contribution in [0.3, 0.4) is 0 Å². The molecule has 0 heterocycles. The summed E-state index contributed by atoms with van der Waals surface area (Å²) < 4.78 is 37.2. The number of hydrogen-bond donors (Lipinski definition) is 6. The third-order valence-electron chi connectivity index (χ3n) is 4.54. The fraction of sp³-hybridized carbons (Fsp3) is 0.280. The molecule has 1 atom stereocenters. The molecule has 2 aromatic carbocycles. The quantitative estimate of drug-likeness (QED) is 0.183. The predicted octanol–water partition coefficient (Wildman–Crippen LogP) is 3.42. The van der Waals surface area contributed by atoms with Crippen LogP contribution in [0.4, 0.5) is 23.7 Å². The summed E-state index contributed by atoms with van der Waals surface area (Å²) in [6.45, 7) is 11.0. The maximum Gasteiger partial charge on any atom is 0.416 e. The Bertz CT molecular complexity index is 1070. The maximum absolute atomic E-state index is 12.4. The van der Waals surface area contributed by atoms with Crippen LogP contribution >= 0.6 is 0 Å². The summed E-state index contributed by atoms with van der Waals surface area (Å²) in [7, 11) is 0. The maximum atomic E-state index is 12.4. The van der Waals surface area contributed by atoms with Gasteiger partial charge in [0.2, 0.25) is 5.88 Å². The van der Waals surface area contributed by atoms with Gasteiger partial charge in [-0.2, -0.15) is 19.1 Å². The van der Waals surface area contributed by atoms with Crippen LogP contribution < -0.4 is 33.7 Å². The molecule has 0 radical (unpaired) electrons. The Balaban J connectivity index is 0.000000657. The highest BCUT2D eigenvalue weighted by Crippen LogP contribution is 2.30. The van der Waals surface area contributed by atoms with Gasteiger partial charge in [-0.1, -0.05) is 44.2 Å². The van der Waals surface area contributed by atoms with Crippen LogP contribution in [0, 0.1) is 0 Å². The molecule has 2 amide bonds. The lowest BCUT2D eigenvalue weighted by atomic mass is 9.98. The molecule has 0 saturated carbocycles. The van der Waals surface area contributed by atoms with Crippen LogP contribution in [0.2, 0.25) is 0 Å². The number of nitrogens with two attached hydrogens (primary N) is 3. The normalized spacial score (nSPS) is 11.8. The summed E-state index contributed by atoms with van der Waals surface area (Å²) in [4.78, 5) is 26.8. The molecule has 11 N–H and O–H groups in total. The van der Waals surface area contributed by atoms with Gasteiger partial charge < -0.3 is 27.4 Å². The van der Waals surface area contributed by atoms with Crippen LogP contribution in [0.15, 0.2) is 66.7 Å². The molecule has 0 bridgehead atoms. The molecule has 0 unspecified atom stereocenters. The monoisotopic (exact) mass is 525 g/mol. The molecule has 9 nitrogen and oxygen atoms in total. The van der Waals surface area contributed by atoms with Gasteiger partial charge in [0.1, 0.15) is 6.04 Å². The molecule has 204 valence electrons. The number of ketones is 1. The number of nitrogens with one attached hydrogen (secondary N) is 2. The zero-order valence-corrected chi connectivity index (χ0v) is 21.4. The fourth-order valence-electron chi connectivity index (χ4n) is 2.86. The largest absolute Gasteiger partial charge is 0.416 e. The van der Waals surface area contributed by atoms with Gasteiger partial charge in [0.05, 0.1) is 5.56 Å². The summed E-state index contributed by atoms with van der Waals surface area (Å²) in [6, 6.07) is 11.1. The number of amides is 2. The Morgan fingerprint density at radius 3 is 2.11 bits per heavy atom. The first-order valence-electron chi connectivity index (χ1n) is 11.2. The van der Waals surface area contributed by atoms with Gasteiger partial charge in [0.25, 0.3) is 0 Å². The van der Waals surface area contributed by atoms with E-state index in [1.165, 1.54) is 19.1 Å². The Labute approximate surface area is 214 Å². The first-order chi connectivity index (χ1) is 17.3. The smallest absolute Gasteiger partial charge is 0.402 e. The molecule has 0 aliphatic carbocycles. The zero-order chi connectivity index (χ0) is 28.8. The van der Waals surface area contributed by atoms with Crippen molar-refractivity contribution < 1.29 is 33.3 Å². The Kier molecular flexibility index (Phi) is 14.3. The number of benzene rings is 2. The van der Waals surface area contributed by atoms with E-state index in [-0.39, 0.29) is 23.4 Å². The summed E-state index contributed by atoms with van der Waals surface area (Å²) in [5, 5.41) is 4.24. The number of carbonyl (C=O) groups excluding carboxylic acids is 2. The molecule has 12 heteroatoms. The second kappa shape index (κ2) is 16.0. The molecule has 0 aromatic heterocycles. The average Bonchev–Trinajstić information content (AvgIpc) is 2.84. The predicted molar refractivity (Wildman–Crippen MR) is 138 cm³/mol. The number of anilines is 1. The number of allylic oxidation sites excluding steroid dienone is 2. The minimum Gasteiger partial charge on any atom is -0.402 e. The second-order valence-electron chi connectivity index (χ2n) is 7.37. The van der Waals surface area contributed by atoms with Gasteiger partial charge in [0.15, 0.2) is 5.78 Å². The number of quaternary nitrogens is 1. The Morgan fingerprint density at radius 1 is 1.11 bits per heavy atom. The minimum absolute atomic E-state index is 0.0212. The van der Waals surface area contributed by atoms with E-state index in [2.05, 4.69) is 27.8 Å². The van der Waals surface area contributed by atoms with Crippen molar-refractivity contribution in [2.75, 3.05) is 11.9 Å². The summed E-state index contributed by atoms with van der Waals surface area (Å²) >= 11 is 0. The number of rotatable bonds is 7. The standard InChI is InChI=1S/C13H19N3O.C10H10F3N3O2.C2H6/c1-8(15)13(9(2)17)11-5-3-10(4-6-11)12(16)7-14;1-6(18-14)15-9(17)16-8-4-2-3-7(5-8)10(11,12)13;1-2/h3-6,12H,7,14-16H2,1-2H3;2-5H,1,14H2,(H2,15,16,17);1-2H3/p+1/b13-8+;;/t12-;;/m0../s1. The van der Waals surface area contributed by atoms with Gasteiger partial charge in [-0.15, -0.1) is 0 Å². The van der Waals surface area contributed by atoms with Crippen molar-refractivity contribution in [1.82, 2.24) is 5.32 Å². The summed E-state index contributed by atoms with van der Waals surface area (Å²) in [6.07, 6.45) is -4.47. The van der Waals surface area contributed by atoms with Gasteiger partial charge in [-0.3, -0.25) is 10.1 Å². The van der Waals surface area contributed by atoms with Crippen LogP contribution in [0.5, 0.6) is 0 Å². The molecule has 0 saturated heterocycles. The van der Waals surface area contributed by atoms with E-state index in [0.29, 0.717) is 17.8 Å². The second-order valence-corrected chi connectivity index (χ2v) is 7.37. The van der Waals surface area contributed by atoms with Gasteiger partial charge in [-0.25, -0.2) is 4.79 Å². The summed E-state index contributed by atoms with van der Waals surface area (Å²) in [5.41, 5.74) is 17.3. The molecule has 0 spiro atoms. The van der Waals surface area contributed by atoms with E-state index in [0.717, 1.165) is 23.3 Å². The topological polar surface area (TPSA) is 173 Å². The van der Waals surface area contributed by atoms with Crippen molar-refractivity contribution in [3.63, 3.8) is 0 Å². The van der Waals surface area contributed by atoms with Crippen LogP contribution in [0.25, 0.3) is 5.57 Å². The number of halogens is 3. The van der Waals surface area contributed by atoms with Crippen molar-refractivity contribution in [1.29, 1.82) is 0 Å². The number of alkyl halides is 3. The van der Waals surface area contributed by atoms with Gasteiger partial charge in [-0.05, 0) is 44.2 Å². The molecule has 0 aliphatic rings. The van der Waals surface area contributed by atoms with E-state index in [4.69, 9.17) is 17.4 Å². The number of Topliss-reactive ketones (excluding diaryl/α,β-unsaturated/α-hetero) is 1. The van der Waals surface area contributed by atoms with Crippen molar-refractivity contribution in [3.05, 3.63) is 83.4 Å². The lowest BCUT2D eigenvalue weighted by molar-refractivity contribution is -0.422. The fourth-order valence-corrected chi connectivity index (χ4v) is 2.86. The van der Waals surface area contributed by atoms with Crippen LogP contribution in [-0.2, 0) is 15.8 Å². The van der Waals surface area contributed by atoms with E-state index in [1.807, 2.05) is 38.1 Å². The number of hydrogen-bond acceptors (Lipinski definition) is 6. The Morgan fingerprint density at radius 2 is 1.68 bits per heavy atom. The van der Waals surface area contributed by atoms with Crippen molar-refractivity contribution >= 4 is 23.1 Å². The van der Waals surface area contributed by atoms with E-state index >= 15 is 0 Å². The van der Waals surface area contributed by atoms with Crippen LogP contribution in [-0.4, -0.2) is 18.4 Å². The zero-order valence-electron chi connectivity index (χ0n) is 21.4. The van der Waals surface area contributed by atoms with E-state index in [1.54, 1.807) is 6.92 Å². The highest BCUT2D eigenvalue weighted by atomic mass is 19.4. The molecule has 0 fully saturated rings. The lowest BCUT2D eigenvalue weighted by Crippen LogP contribution is -2.56. The van der Waals surface area contributed by atoms with Crippen LogP contribution in [0.1, 0.15) is 50.4 Å². The molecule has 37 heavy (non-hydrogen) atoms. The Hall–Kier alpha value is -3.87. The van der Waals surface area contributed by atoms with Crippen molar-refractivity contribution in [2.24, 2.45) is 17.4 Å². The average molecular weight is 526 g/mol. The first kappa shape index (κ1) is 33.1. The van der Waals surface area contributed by atoms with E-state index < -0.39 is 17.8 Å². The van der Waals surface area contributed by atoms with Crippen molar-refractivity contribution in [2.45, 2.75) is 39.9 Å². The first-order valence-corrected chi connectivity index (χ1v) is 11.2. The van der Waals surface area contributed by atoms with E-state index in [9.17, 15) is 22.8 Å². The van der Waals surface area contributed by atoms with Gasteiger partial charge >= 0.3 is 12.2 Å².